The van der Waals surface area contributed by atoms with Gasteiger partial charge < -0.3 is 4.90 Å². The number of piperidine rings is 2. The SMILES string of the molecule is O=c1cc(C2CCCN(Cc3ccncc3)C2)nc(N2CCCCC2)[nH]1. The zero-order valence-electron chi connectivity index (χ0n) is 15.2. The van der Waals surface area contributed by atoms with E-state index in [0.29, 0.717) is 5.92 Å². The maximum absolute atomic E-state index is 12.2. The van der Waals surface area contributed by atoms with Crippen LogP contribution in [0.2, 0.25) is 0 Å². The Morgan fingerprint density at radius 2 is 1.88 bits per heavy atom. The summed E-state index contributed by atoms with van der Waals surface area (Å²) in [5.74, 6) is 1.09. The minimum atomic E-state index is -0.0261. The summed E-state index contributed by atoms with van der Waals surface area (Å²) in [7, 11) is 0. The summed E-state index contributed by atoms with van der Waals surface area (Å²) < 4.78 is 0. The van der Waals surface area contributed by atoms with Crippen LogP contribution in [0.3, 0.4) is 0 Å². The first-order chi connectivity index (χ1) is 12.8. The predicted molar refractivity (Wildman–Crippen MR) is 102 cm³/mol. The molecule has 0 spiro atoms. The third-order valence-electron chi connectivity index (χ3n) is 5.48. The lowest BCUT2D eigenvalue weighted by Crippen LogP contribution is -2.36. The number of hydrogen-bond donors (Lipinski definition) is 1. The van der Waals surface area contributed by atoms with E-state index in [2.05, 4.69) is 31.9 Å². The monoisotopic (exact) mass is 353 g/mol. The first kappa shape index (κ1) is 17.2. The van der Waals surface area contributed by atoms with E-state index in [-0.39, 0.29) is 5.56 Å². The van der Waals surface area contributed by atoms with Gasteiger partial charge in [-0.15, -0.1) is 0 Å². The van der Waals surface area contributed by atoms with Gasteiger partial charge in [0, 0.05) is 50.6 Å². The minimum Gasteiger partial charge on any atom is -0.342 e. The predicted octanol–water partition coefficient (Wildman–Crippen LogP) is 2.53. The fraction of sp³-hybridized carbons (Fsp3) is 0.550. The number of pyridine rings is 1. The summed E-state index contributed by atoms with van der Waals surface area (Å²) in [5.41, 5.74) is 2.21. The molecule has 1 N–H and O–H groups in total. The fourth-order valence-corrected chi connectivity index (χ4v) is 4.11. The maximum Gasteiger partial charge on any atom is 0.252 e. The Morgan fingerprint density at radius 1 is 1.08 bits per heavy atom. The summed E-state index contributed by atoms with van der Waals surface area (Å²) in [6.07, 6.45) is 9.56. The summed E-state index contributed by atoms with van der Waals surface area (Å²) in [5, 5.41) is 0. The molecular formula is C20H27N5O. The maximum atomic E-state index is 12.2. The highest BCUT2D eigenvalue weighted by Gasteiger charge is 2.24. The molecule has 6 nitrogen and oxygen atoms in total. The molecule has 0 amide bonds. The molecule has 2 aliphatic rings. The van der Waals surface area contributed by atoms with Gasteiger partial charge in [-0.3, -0.25) is 19.7 Å². The molecule has 2 saturated heterocycles. The number of likely N-dealkylation sites (tertiary alicyclic amines) is 1. The number of anilines is 1. The Morgan fingerprint density at radius 3 is 2.69 bits per heavy atom. The minimum absolute atomic E-state index is 0.0261. The molecular weight excluding hydrogens is 326 g/mol. The van der Waals surface area contributed by atoms with Crippen molar-refractivity contribution in [1.29, 1.82) is 0 Å². The van der Waals surface area contributed by atoms with Crippen molar-refractivity contribution in [1.82, 2.24) is 19.9 Å². The Bertz CT molecular complexity index is 769. The number of hydrogen-bond acceptors (Lipinski definition) is 5. The van der Waals surface area contributed by atoms with Crippen molar-refractivity contribution < 1.29 is 0 Å². The highest BCUT2D eigenvalue weighted by Crippen LogP contribution is 2.27. The molecule has 138 valence electrons. The third kappa shape index (κ3) is 4.12. The molecule has 4 heterocycles. The zero-order chi connectivity index (χ0) is 17.8. The molecule has 2 aromatic heterocycles. The van der Waals surface area contributed by atoms with E-state index in [1.54, 1.807) is 6.07 Å². The molecule has 0 bridgehead atoms. The zero-order valence-corrected chi connectivity index (χ0v) is 15.2. The van der Waals surface area contributed by atoms with Crippen molar-refractivity contribution >= 4 is 5.95 Å². The van der Waals surface area contributed by atoms with Crippen LogP contribution in [0.25, 0.3) is 0 Å². The van der Waals surface area contributed by atoms with Crippen LogP contribution in [-0.2, 0) is 6.54 Å². The lowest BCUT2D eigenvalue weighted by Gasteiger charge is -2.33. The van der Waals surface area contributed by atoms with Crippen LogP contribution < -0.4 is 10.5 Å². The summed E-state index contributed by atoms with van der Waals surface area (Å²) in [6, 6.07) is 5.85. The highest BCUT2D eigenvalue weighted by molar-refractivity contribution is 5.31. The molecule has 0 aromatic carbocycles. The van der Waals surface area contributed by atoms with E-state index in [1.807, 2.05) is 12.4 Å². The van der Waals surface area contributed by atoms with Gasteiger partial charge in [0.25, 0.3) is 5.56 Å². The van der Waals surface area contributed by atoms with Gasteiger partial charge in [0.1, 0.15) is 0 Å². The van der Waals surface area contributed by atoms with Crippen LogP contribution >= 0.6 is 0 Å². The van der Waals surface area contributed by atoms with Crippen molar-refractivity contribution in [2.75, 3.05) is 31.1 Å². The van der Waals surface area contributed by atoms with E-state index in [9.17, 15) is 4.79 Å². The average molecular weight is 353 g/mol. The topological polar surface area (TPSA) is 65.1 Å². The van der Waals surface area contributed by atoms with E-state index in [0.717, 1.165) is 57.2 Å². The van der Waals surface area contributed by atoms with Crippen molar-refractivity contribution in [3.05, 3.63) is 52.2 Å². The van der Waals surface area contributed by atoms with Crippen LogP contribution in [0, 0.1) is 0 Å². The molecule has 6 heteroatoms. The van der Waals surface area contributed by atoms with Crippen LogP contribution in [0.5, 0.6) is 0 Å². The second kappa shape index (κ2) is 7.99. The fourth-order valence-electron chi connectivity index (χ4n) is 4.11. The number of aromatic nitrogens is 3. The van der Waals surface area contributed by atoms with Crippen LogP contribution in [0.4, 0.5) is 5.95 Å². The van der Waals surface area contributed by atoms with Crippen LogP contribution in [0.1, 0.15) is 49.3 Å². The van der Waals surface area contributed by atoms with Crippen molar-refractivity contribution in [2.24, 2.45) is 0 Å². The van der Waals surface area contributed by atoms with Crippen LogP contribution in [-0.4, -0.2) is 46.0 Å². The molecule has 2 aliphatic heterocycles. The third-order valence-corrected chi connectivity index (χ3v) is 5.48. The lowest BCUT2D eigenvalue weighted by molar-refractivity contribution is 0.198. The molecule has 26 heavy (non-hydrogen) atoms. The van der Waals surface area contributed by atoms with Gasteiger partial charge in [0.05, 0.1) is 5.69 Å². The first-order valence-corrected chi connectivity index (χ1v) is 9.75. The van der Waals surface area contributed by atoms with Crippen LogP contribution in [0.15, 0.2) is 35.4 Å². The Kier molecular flexibility index (Phi) is 5.29. The Hall–Kier alpha value is -2.21. The van der Waals surface area contributed by atoms with E-state index in [1.165, 1.54) is 24.8 Å². The molecule has 4 rings (SSSR count). The molecule has 0 aliphatic carbocycles. The van der Waals surface area contributed by atoms with E-state index in [4.69, 9.17) is 4.98 Å². The Balaban J connectivity index is 1.49. The summed E-state index contributed by atoms with van der Waals surface area (Å²) in [6.45, 7) is 4.97. The molecule has 1 atom stereocenters. The normalized spacial score (nSPS) is 21.7. The quantitative estimate of drug-likeness (QED) is 0.915. The molecule has 0 radical (unpaired) electrons. The van der Waals surface area contributed by atoms with Gasteiger partial charge in [-0.1, -0.05) is 0 Å². The van der Waals surface area contributed by atoms with Gasteiger partial charge in [0.15, 0.2) is 0 Å². The van der Waals surface area contributed by atoms with Gasteiger partial charge in [-0.2, -0.15) is 0 Å². The van der Waals surface area contributed by atoms with E-state index >= 15 is 0 Å². The molecule has 0 saturated carbocycles. The smallest absolute Gasteiger partial charge is 0.252 e. The average Bonchev–Trinajstić information content (AvgIpc) is 2.69. The second-order valence-corrected chi connectivity index (χ2v) is 7.47. The van der Waals surface area contributed by atoms with Gasteiger partial charge in [-0.25, -0.2) is 4.98 Å². The number of rotatable bonds is 4. The molecule has 1 unspecified atom stereocenters. The number of aromatic amines is 1. The summed E-state index contributed by atoms with van der Waals surface area (Å²) >= 11 is 0. The Labute approximate surface area is 154 Å². The van der Waals surface area contributed by atoms with Crippen molar-refractivity contribution in [2.45, 2.75) is 44.6 Å². The summed E-state index contributed by atoms with van der Waals surface area (Å²) in [4.78, 5) is 28.8. The molecule has 2 aromatic rings. The second-order valence-electron chi connectivity index (χ2n) is 7.47. The first-order valence-electron chi connectivity index (χ1n) is 9.75. The largest absolute Gasteiger partial charge is 0.342 e. The van der Waals surface area contributed by atoms with Crippen molar-refractivity contribution in [3.63, 3.8) is 0 Å². The van der Waals surface area contributed by atoms with E-state index < -0.39 is 0 Å². The highest BCUT2D eigenvalue weighted by atomic mass is 16.1. The lowest BCUT2D eigenvalue weighted by atomic mass is 9.94. The van der Waals surface area contributed by atoms with Gasteiger partial charge >= 0.3 is 0 Å². The van der Waals surface area contributed by atoms with Gasteiger partial charge in [0.2, 0.25) is 5.95 Å². The number of nitrogens with zero attached hydrogens (tertiary/aromatic N) is 4. The standard InChI is InChI=1S/C20H27N5O/c26-19-13-18(22-20(23-19)25-11-2-1-3-12-25)17-5-4-10-24(15-17)14-16-6-8-21-9-7-16/h6-9,13,17H,1-5,10-12,14-15H2,(H,22,23,26). The molecule has 2 fully saturated rings. The number of H-pyrrole nitrogens is 1. The van der Waals surface area contributed by atoms with Crippen molar-refractivity contribution in [3.8, 4) is 0 Å². The van der Waals surface area contributed by atoms with Gasteiger partial charge in [-0.05, 0) is 56.3 Å². The number of nitrogens with one attached hydrogen (secondary N) is 1.